The Labute approximate surface area is 113 Å². The van der Waals surface area contributed by atoms with Gasteiger partial charge < -0.3 is 5.11 Å². The van der Waals surface area contributed by atoms with Crippen LogP contribution < -0.4 is 0 Å². The van der Waals surface area contributed by atoms with E-state index in [0.29, 0.717) is 6.42 Å². The van der Waals surface area contributed by atoms with Gasteiger partial charge in [-0.05, 0) is 24.5 Å². The number of carboxylic acid groups (broad SMARTS) is 1. The third-order valence-electron chi connectivity index (χ3n) is 3.29. The molecule has 0 unspecified atom stereocenters. The van der Waals surface area contributed by atoms with Crippen LogP contribution in [-0.2, 0) is 4.79 Å². The van der Waals surface area contributed by atoms with E-state index in [1.807, 2.05) is 24.3 Å². The van der Waals surface area contributed by atoms with Gasteiger partial charge in [0.1, 0.15) is 0 Å². The van der Waals surface area contributed by atoms with E-state index in [-0.39, 0.29) is 12.3 Å². The molecule has 1 N–H and O–H groups in total. The summed E-state index contributed by atoms with van der Waals surface area (Å²) in [6.07, 6.45) is 0.816. The first kappa shape index (κ1) is 13.3. The number of rotatable bonds is 5. The monoisotopic (exact) mass is 254 g/mol. The van der Waals surface area contributed by atoms with E-state index in [0.717, 1.165) is 0 Å². The molecule has 0 aliphatic carbocycles. The highest BCUT2D eigenvalue weighted by atomic mass is 16.4. The van der Waals surface area contributed by atoms with Crippen LogP contribution in [0.4, 0.5) is 0 Å². The Morgan fingerprint density at radius 1 is 1.05 bits per heavy atom. The zero-order valence-corrected chi connectivity index (χ0v) is 11.0. The average molecular weight is 254 g/mol. The van der Waals surface area contributed by atoms with Crippen LogP contribution >= 0.6 is 0 Å². The third kappa shape index (κ3) is 3.68. The van der Waals surface area contributed by atoms with E-state index in [1.54, 1.807) is 0 Å². The lowest BCUT2D eigenvalue weighted by molar-refractivity contribution is -0.137. The van der Waals surface area contributed by atoms with Crippen molar-refractivity contribution < 1.29 is 9.90 Å². The number of aryl methyl sites for hydroxylation is 1. The Balaban J connectivity index is 2.31. The molecule has 0 heterocycles. The molecule has 0 aliphatic heterocycles. The summed E-state index contributed by atoms with van der Waals surface area (Å²) in [5.41, 5.74) is 3.57. The number of benzene rings is 2. The van der Waals surface area contributed by atoms with Gasteiger partial charge in [-0.3, -0.25) is 4.79 Å². The van der Waals surface area contributed by atoms with Crippen molar-refractivity contribution in [2.24, 2.45) is 0 Å². The zero-order valence-electron chi connectivity index (χ0n) is 11.0. The zero-order chi connectivity index (χ0) is 13.7. The minimum atomic E-state index is -0.742. The van der Waals surface area contributed by atoms with Gasteiger partial charge in [0.15, 0.2) is 0 Å². The molecule has 0 saturated carbocycles. The molecule has 0 radical (unpaired) electrons. The summed E-state index contributed by atoms with van der Waals surface area (Å²) in [4.78, 5) is 10.8. The van der Waals surface area contributed by atoms with Gasteiger partial charge in [0.2, 0.25) is 0 Å². The van der Waals surface area contributed by atoms with E-state index < -0.39 is 5.97 Å². The number of hydrogen-bond donors (Lipinski definition) is 1. The Morgan fingerprint density at radius 3 is 2.37 bits per heavy atom. The highest BCUT2D eigenvalue weighted by Crippen LogP contribution is 2.29. The molecule has 2 heteroatoms. The Kier molecular flexibility index (Phi) is 4.35. The molecular formula is C17H18O2. The van der Waals surface area contributed by atoms with Crippen LogP contribution in [0.2, 0.25) is 0 Å². The molecule has 0 amide bonds. The molecule has 0 fully saturated rings. The predicted molar refractivity (Wildman–Crippen MR) is 76.3 cm³/mol. The third-order valence-corrected chi connectivity index (χ3v) is 3.29. The first-order valence-electron chi connectivity index (χ1n) is 6.50. The van der Waals surface area contributed by atoms with E-state index in [9.17, 15) is 4.79 Å². The van der Waals surface area contributed by atoms with Crippen molar-refractivity contribution >= 4 is 5.97 Å². The quantitative estimate of drug-likeness (QED) is 0.876. The second kappa shape index (κ2) is 6.19. The van der Waals surface area contributed by atoms with E-state index in [4.69, 9.17) is 5.11 Å². The largest absolute Gasteiger partial charge is 0.481 e. The molecule has 2 nitrogen and oxygen atoms in total. The first-order valence-corrected chi connectivity index (χ1v) is 6.50. The summed E-state index contributed by atoms with van der Waals surface area (Å²) in [5, 5.41) is 8.91. The van der Waals surface area contributed by atoms with Crippen molar-refractivity contribution in [1.29, 1.82) is 0 Å². The number of carbonyl (C=O) groups is 1. The minimum absolute atomic E-state index is 0.150. The lowest BCUT2D eigenvalue weighted by Gasteiger charge is -2.17. The SMILES string of the molecule is Cc1cccc([C@H](CCC(=O)O)c2ccccc2)c1. The normalized spacial score (nSPS) is 12.1. The molecule has 0 aliphatic rings. The fourth-order valence-corrected chi connectivity index (χ4v) is 2.37. The summed E-state index contributed by atoms with van der Waals surface area (Å²) in [6, 6.07) is 18.4. The Morgan fingerprint density at radius 2 is 1.74 bits per heavy atom. The molecule has 19 heavy (non-hydrogen) atoms. The smallest absolute Gasteiger partial charge is 0.303 e. The van der Waals surface area contributed by atoms with Crippen LogP contribution in [0.15, 0.2) is 54.6 Å². The van der Waals surface area contributed by atoms with Crippen molar-refractivity contribution in [3.05, 3.63) is 71.3 Å². The highest BCUT2D eigenvalue weighted by molar-refractivity contribution is 5.66. The summed E-state index contributed by atoms with van der Waals surface area (Å²) in [7, 11) is 0. The van der Waals surface area contributed by atoms with Gasteiger partial charge in [-0.1, -0.05) is 60.2 Å². The maximum Gasteiger partial charge on any atom is 0.303 e. The molecule has 0 aromatic heterocycles. The van der Waals surface area contributed by atoms with Gasteiger partial charge >= 0.3 is 5.97 Å². The van der Waals surface area contributed by atoms with Crippen LogP contribution in [0.1, 0.15) is 35.4 Å². The van der Waals surface area contributed by atoms with Crippen molar-refractivity contribution in [3.8, 4) is 0 Å². The van der Waals surface area contributed by atoms with E-state index in [1.165, 1.54) is 16.7 Å². The van der Waals surface area contributed by atoms with Gasteiger partial charge in [0.25, 0.3) is 0 Å². The molecule has 98 valence electrons. The lowest BCUT2D eigenvalue weighted by Crippen LogP contribution is -2.05. The van der Waals surface area contributed by atoms with Crippen LogP contribution in [0, 0.1) is 6.92 Å². The summed E-state index contributed by atoms with van der Waals surface area (Å²) >= 11 is 0. The molecule has 2 rings (SSSR count). The van der Waals surface area contributed by atoms with Crippen molar-refractivity contribution in [2.75, 3.05) is 0 Å². The van der Waals surface area contributed by atoms with Gasteiger partial charge in [0.05, 0.1) is 0 Å². The average Bonchev–Trinajstić information content (AvgIpc) is 2.40. The second-order valence-electron chi connectivity index (χ2n) is 4.81. The van der Waals surface area contributed by atoms with Crippen molar-refractivity contribution in [2.45, 2.75) is 25.7 Å². The van der Waals surface area contributed by atoms with Crippen LogP contribution in [0.3, 0.4) is 0 Å². The second-order valence-corrected chi connectivity index (χ2v) is 4.81. The summed E-state index contributed by atoms with van der Waals surface area (Å²) < 4.78 is 0. The fraction of sp³-hybridized carbons (Fsp3) is 0.235. The molecule has 2 aromatic rings. The van der Waals surface area contributed by atoms with E-state index >= 15 is 0 Å². The molecule has 0 bridgehead atoms. The van der Waals surface area contributed by atoms with Gasteiger partial charge in [-0.15, -0.1) is 0 Å². The molecule has 0 spiro atoms. The Hall–Kier alpha value is -2.09. The fourth-order valence-electron chi connectivity index (χ4n) is 2.37. The van der Waals surface area contributed by atoms with E-state index in [2.05, 4.69) is 37.3 Å². The van der Waals surface area contributed by atoms with Crippen LogP contribution in [-0.4, -0.2) is 11.1 Å². The van der Waals surface area contributed by atoms with Crippen LogP contribution in [0.25, 0.3) is 0 Å². The van der Waals surface area contributed by atoms with Gasteiger partial charge in [-0.25, -0.2) is 0 Å². The summed E-state index contributed by atoms with van der Waals surface area (Å²) in [5.74, 6) is -0.592. The molecule has 1 atom stereocenters. The van der Waals surface area contributed by atoms with Crippen molar-refractivity contribution in [1.82, 2.24) is 0 Å². The number of aliphatic carboxylic acids is 1. The Bertz CT molecular complexity index is 546. The van der Waals surface area contributed by atoms with Crippen molar-refractivity contribution in [3.63, 3.8) is 0 Å². The molecular weight excluding hydrogens is 236 g/mol. The topological polar surface area (TPSA) is 37.3 Å². The molecule has 2 aromatic carbocycles. The number of hydrogen-bond acceptors (Lipinski definition) is 1. The maximum atomic E-state index is 10.8. The number of carboxylic acids is 1. The maximum absolute atomic E-state index is 10.8. The minimum Gasteiger partial charge on any atom is -0.481 e. The highest BCUT2D eigenvalue weighted by Gasteiger charge is 2.15. The first-order chi connectivity index (χ1) is 9.16. The standard InChI is InChI=1S/C17H18O2/c1-13-6-5-9-15(12-13)16(10-11-17(18)19)14-7-3-2-4-8-14/h2-9,12,16H,10-11H2,1H3,(H,18,19)/t16-/m1/s1. The lowest BCUT2D eigenvalue weighted by atomic mass is 9.87. The van der Waals surface area contributed by atoms with Gasteiger partial charge in [0, 0.05) is 12.3 Å². The molecule has 0 saturated heterocycles. The van der Waals surface area contributed by atoms with Gasteiger partial charge in [-0.2, -0.15) is 0 Å². The summed E-state index contributed by atoms with van der Waals surface area (Å²) in [6.45, 7) is 2.06. The van der Waals surface area contributed by atoms with Crippen LogP contribution in [0.5, 0.6) is 0 Å². The predicted octanol–water partition coefficient (Wildman–Crippen LogP) is 3.99.